The summed E-state index contributed by atoms with van der Waals surface area (Å²) in [4.78, 5) is 0. The van der Waals surface area contributed by atoms with Crippen molar-refractivity contribution < 1.29 is 26.3 Å². The third-order valence-electron chi connectivity index (χ3n) is 5.99. The molecule has 0 heterocycles. The summed E-state index contributed by atoms with van der Waals surface area (Å²) in [6, 6.07) is 1.58. The van der Waals surface area contributed by atoms with Gasteiger partial charge in [-0.05, 0) is 55.2 Å². The molecule has 2 fully saturated rings. The summed E-state index contributed by atoms with van der Waals surface area (Å²) in [5, 5.41) is 0. The first-order valence-corrected chi connectivity index (χ1v) is 8.91. The van der Waals surface area contributed by atoms with Crippen LogP contribution in [0.3, 0.4) is 0 Å². The van der Waals surface area contributed by atoms with Crippen molar-refractivity contribution in [2.75, 3.05) is 0 Å². The molecular weight excluding hydrogens is 342 g/mol. The van der Waals surface area contributed by atoms with Crippen molar-refractivity contribution in [3.05, 3.63) is 35.1 Å². The van der Waals surface area contributed by atoms with E-state index in [-0.39, 0.29) is 24.8 Å². The molecule has 0 nitrogen and oxygen atoms in total. The van der Waals surface area contributed by atoms with Gasteiger partial charge in [0.25, 0.3) is 0 Å². The van der Waals surface area contributed by atoms with Crippen LogP contribution in [0.5, 0.6) is 0 Å². The molecule has 0 radical (unpaired) electrons. The SMILES string of the molecule is CCCC1C(F)C2CCC(c3cc(F)c(F)c(F)c3)C(F)CC2C1F. The van der Waals surface area contributed by atoms with E-state index < -0.39 is 59.6 Å². The van der Waals surface area contributed by atoms with Gasteiger partial charge in [0, 0.05) is 11.8 Å². The molecule has 0 spiro atoms. The van der Waals surface area contributed by atoms with Crippen LogP contribution in [0.2, 0.25) is 0 Å². The maximum atomic E-state index is 14.8. The Morgan fingerprint density at radius 2 is 1.52 bits per heavy atom. The Labute approximate surface area is 143 Å². The van der Waals surface area contributed by atoms with Crippen molar-refractivity contribution in [2.45, 2.75) is 63.5 Å². The smallest absolute Gasteiger partial charge is 0.194 e. The lowest BCUT2D eigenvalue weighted by Gasteiger charge is -2.22. The van der Waals surface area contributed by atoms with Gasteiger partial charge in [-0.15, -0.1) is 0 Å². The van der Waals surface area contributed by atoms with E-state index in [0.29, 0.717) is 12.8 Å². The highest BCUT2D eigenvalue weighted by Crippen LogP contribution is 2.51. The van der Waals surface area contributed by atoms with Crippen molar-refractivity contribution in [1.29, 1.82) is 0 Å². The molecule has 0 saturated heterocycles. The molecule has 0 N–H and O–H groups in total. The van der Waals surface area contributed by atoms with Gasteiger partial charge < -0.3 is 0 Å². The van der Waals surface area contributed by atoms with Crippen molar-refractivity contribution in [3.63, 3.8) is 0 Å². The van der Waals surface area contributed by atoms with Crippen LogP contribution >= 0.6 is 0 Å². The predicted octanol–water partition coefficient (Wildman–Crippen LogP) is 6.05. The van der Waals surface area contributed by atoms with Gasteiger partial charge >= 0.3 is 0 Å². The zero-order chi connectivity index (χ0) is 18.3. The highest BCUT2D eigenvalue weighted by molar-refractivity contribution is 5.25. The summed E-state index contributed by atoms with van der Waals surface area (Å²) < 4.78 is 84.1. The van der Waals surface area contributed by atoms with Crippen LogP contribution in [0.15, 0.2) is 12.1 Å². The minimum absolute atomic E-state index is 0.0137. The van der Waals surface area contributed by atoms with Crippen LogP contribution in [-0.2, 0) is 0 Å². The van der Waals surface area contributed by atoms with Gasteiger partial charge in [0.15, 0.2) is 17.5 Å². The van der Waals surface area contributed by atoms with Crippen LogP contribution in [0.1, 0.15) is 50.5 Å². The standard InChI is InChI=1S/C19H22F6/c1-2-3-12-17(23)11-5-4-10(14(20)8-13(11)18(12)24)9-6-15(21)19(25)16(22)7-9/h6-7,10-14,17-18H,2-5,8H2,1H3. The van der Waals surface area contributed by atoms with Crippen LogP contribution in [-0.4, -0.2) is 18.5 Å². The second-order valence-electron chi connectivity index (χ2n) is 7.40. The summed E-state index contributed by atoms with van der Waals surface area (Å²) in [6.45, 7) is 1.86. The molecule has 2 aliphatic carbocycles. The summed E-state index contributed by atoms with van der Waals surface area (Å²) in [5.74, 6) is -7.18. The monoisotopic (exact) mass is 364 g/mol. The van der Waals surface area contributed by atoms with Gasteiger partial charge in [-0.25, -0.2) is 26.3 Å². The maximum Gasteiger partial charge on any atom is 0.194 e. The molecule has 7 atom stereocenters. The predicted molar refractivity (Wildman–Crippen MR) is 83.0 cm³/mol. The lowest BCUT2D eigenvalue weighted by atomic mass is 9.87. The van der Waals surface area contributed by atoms with Crippen LogP contribution < -0.4 is 0 Å². The zero-order valence-electron chi connectivity index (χ0n) is 14.0. The van der Waals surface area contributed by atoms with E-state index in [9.17, 15) is 26.3 Å². The molecular formula is C19H22F6. The van der Waals surface area contributed by atoms with Gasteiger partial charge in [0.1, 0.15) is 18.5 Å². The molecule has 1 aromatic rings. The third-order valence-corrected chi connectivity index (χ3v) is 5.99. The Bertz CT molecular complexity index is 595. The van der Waals surface area contributed by atoms with Gasteiger partial charge in [0.2, 0.25) is 0 Å². The topological polar surface area (TPSA) is 0 Å². The number of halogens is 6. The Morgan fingerprint density at radius 3 is 2.12 bits per heavy atom. The van der Waals surface area contributed by atoms with Gasteiger partial charge in [-0.3, -0.25) is 0 Å². The van der Waals surface area contributed by atoms with Crippen molar-refractivity contribution >= 4 is 0 Å². The molecule has 3 rings (SSSR count). The summed E-state index contributed by atoms with van der Waals surface area (Å²) >= 11 is 0. The molecule has 1 aromatic carbocycles. The highest BCUT2D eigenvalue weighted by atomic mass is 19.2. The average Bonchev–Trinajstić information content (AvgIpc) is 2.72. The lowest BCUT2D eigenvalue weighted by molar-refractivity contribution is 0.140. The molecule has 25 heavy (non-hydrogen) atoms. The van der Waals surface area contributed by atoms with E-state index in [4.69, 9.17) is 0 Å². The molecule has 2 saturated carbocycles. The minimum atomic E-state index is -1.60. The summed E-state index contributed by atoms with van der Waals surface area (Å²) in [5.41, 5.74) is 0.0137. The minimum Gasteiger partial charge on any atom is -0.247 e. The highest BCUT2D eigenvalue weighted by Gasteiger charge is 2.53. The Kier molecular flexibility index (Phi) is 5.35. The number of fused-ring (bicyclic) bond motifs is 1. The van der Waals surface area contributed by atoms with E-state index in [1.165, 1.54) is 0 Å². The molecule has 140 valence electrons. The average molecular weight is 364 g/mol. The third kappa shape index (κ3) is 3.28. The first kappa shape index (κ1) is 18.6. The molecule has 6 heteroatoms. The van der Waals surface area contributed by atoms with Gasteiger partial charge in [-0.1, -0.05) is 13.3 Å². The van der Waals surface area contributed by atoms with Crippen molar-refractivity contribution in [1.82, 2.24) is 0 Å². The van der Waals surface area contributed by atoms with Crippen molar-refractivity contribution in [2.24, 2.45) is 17.8 Å². The quantitative estimate of drug-likeness (QED) is 0.453. The first-order valence-electron chi connectivity index (χ1n) is 8.91. The number of benzene rings is 1. The van der Waals surface area contributed by atoms with Crippen LogP contribution in [0, 0.1) is 35.2 Å². The van der Waals surface area contributed by atoms with Crippen LogP contribution in [0.25, 0.3) is 0 Å². The fourth-order valence-electron chi connectivity index (χ4n) is 4.75. The molecule has 0 aromatic heterocycles. The summed E-state index contributed by atoms with van der Waals surface area (Å²) in [7, 11) is 0. The van der Waals surface area contributed by atoms with E-state index in [0.717, 1.165) is 12.1 Å². The van der Waals surface area contributed by atoms with Gasteiger partial charge in [0.05, 0.1) is 0 Å². The second-order valence-corrected chi connectivity index (χ2v) is 7.40. The molecule has 0 aliphatic heterocycles. The fourth-order valence-corrected chi connectivity index (χ4v) is 4.75. The Hall–Kier alpha value is -1.20. The second kappa shape index (κ2) is 7.20. The van der Waals surface area contributed by atoms with Crippen molar-refractivity contribution in [3.8, 4) is 0 Å². The van der Waals surface area contributed by atoms with Gasteiger partial charge in [-0.2, -0.15) is 0 Å². The number of hydrogen-bond acceptors (Lipinski definition) is 0. The number of hydrogen-bond donors (Lipinski definition) is 0. The Balaban J connectivity index is 1.83. The van der Waals surface area contributed by atoms with E-state index in [1.807, 2.05) is 6.92 Å². The Morgan fingerprint density at radius 1 is 0.920 bits per heavy atom. The largest absolute Gasteiger partial charge is 0.247 e. The first-order chi connectivity index (χ1) is 11.8. The molecule has 7 unspecified atom stereocenters. The van der Waals surface area contributed by atoms with E-state index in [1.54, 1.807) is 0 Å². The maximum absolute atomic E-state index is 14.8. The summed E-state index contributed by atoms with van der Waals surface area (Å²) in [6.07, 6.45) is -2.88. The molecule has 0 bridgehead atoms. The van der Waals surface area contributed by atoms with Crippen LogP contribution in [0.4, 0.5) is 26.3 Å². The van der Waals surface area contributed by atoms with E-state index in [2.05, 4.69) is 0 Å². The normalized spacial score (nSPS) is 38.4. The lowest BCUT2D eigenvalue weighted by Crippen LogP contribution is -2.23. The van der Waals surface area contributed by atoms with E-state index >= 15 is 0 Å². The zero-order valence-corrected chi connectivity index (χ0v) is 14.0. The number of alkyl halides is 3. The molecule has 0 amide bonds. The molecule has 2 aliphatic rings. The number of rotatable bonds is 3. The fraction of sp³-hybridized carbons (Fsp3) is 0.684.